The molecule has 0 aliphatic carbocycles. The van der Waals surface area contributed by atoms with Crippen molar-refractivity contribution >= 4 is 21.4 Å². The molecular weight excluding hydrogens is 432 g/mol. The molecule has 0 amide bonds. The van der Waals surface area contributed by atoms with Crippen molar-refractivity contribution < 1.29 is 12.9 Å². The first-order chi connectivity index (χ1) is 14.8. The van der Waals surface area contributed by atoms with Gasteiger partial charge in [-0.3, -0.25) is 0 Å². The van der Waals surface area contributed by atoms with E-state index in [4.69, 9.17) is 4.52 Å². The van der Waals surface area contributed by atoms with Crippen LogP contribution in [-0.2, 0) is 10.0 Å². The lowest BCUT2D eigenvalue weighted by Crippen LogP contribution is -2.32. The van der Waals surface area contributed by atoms with Crippen molar-refractivity contribution in [1.82, 2.24) is 19.8 Å². The average Bonchev–Trinajstić information content (AvgIpc) is 3.42. The fraction of sp³-hybridized carbons (Fsp3) is 0.227. The quantitative estimate of drug-likeness (QED) is 0.429. The number of aromatic nitrogens is 3. The number of aryl methyl sites for hydroxylation is 1. The Kier molecular flexibility index (Phi) is 5.99. The maximum absolute atomic E-state index is 12.8. The van der Waals surface area contributed by atoms with Gasteiger partial charge in [-0.15, -0.1) is 11.3 Å². The Morgan fingerprint density at radius 1 is 0.968 bits per heavy atom. The molecule has 0 aliphatic rings. The van der Waals surface area contributed by atoms with Gasteiger partial charge in [-0.2, -0.15) is 9.71 Å². The number of sulfonamides is 1. The SMILES string of the molecule is Cc1nc(-c2ccc(-c3noc(C(NS(=O)(=O)c4ccccc4)C(C)C)n3)cc2)cs1. The maximum Gasteiger partial charge on any atom is 0.245 e. The fourth-order valence-corrected chi connectivity index (χ4v) is 5.05. The molecular formula is C22H22N4O3S2. The van der Waals surface area contributed by atoms with E-state index in [0.29, 0.717) is 5.82 Å². The highest BCUT2D eigenvalue weighted by Crippen LogP contribution is 2.27. The van der Waals surface area contributed by atoms with Crippen molar-refractivity contribution in [1.29, 1.82) is 0 Å². The zero-order valence-electron chi connectivity index (χ0n) is 17.3. The summed E-state index contributed by atoms with van der Waals surface area (Å²) in [6, 6.07) is 15.3. The first-order valence-corrected chi connectivity index (χ1v) is 12.1. The summed E-state index contributed by atoms with van der Waals surface area (Å²) < 4.78 is 33.7. The molecule has 7 nitrogen and oxygen atoms in total. The summed E-state index contributed by atoms with van der Waals surface area (Å²) in [6.07, 6.45) is 0. The van der Waals surface area contributed by atoms with Crippen molar-refractivity contribution in [3.8, 4) is 22.6 Å². The van der Waals surface area contributed by atoms with Crippen molar-refractivity contribution in [2.45, 2.75) is 31.7 Å². The predicted molar refractivity (Wildman–Crippen MR) is 120 cm³/mol. The lowest BCUT2D eigenvalue weighted by atomic mass is 10.1. The number of thiazole rings is 1. The lowest BCUT2D eigenvalue weighted by Gasteiger charge is -2.18. The minimum Gasteiger partial charge on any atom is -0.337 e. The van der Waals surface area contributed by atoms with E-state index in [1.54, 1.807) is 41.7 Å². The number of benzene rings is 2. The molecule has 31 heavy (non-hydrogen) atoms. The molecule has 0 aliphatic heterocycles. The maximum atomic E-state index is 12.8. The Morgan fingerprint density at radius 3 is 2.26 bits per heavy atom. The van der Waals surface area contributed by atoms with Gasteiger partial charge in [0, 0.05) is 16.5 Å². The normalized spacial score (nSPS) is 12.9. The van der Waals surface area contributed by atoms with Gasteiger partial charge < -0.3 is 4.52 Å². The van der Waals surface area contributed by atoms with Crippen LogP contribution in [-0.4, -0.2) is 23.5 Å². The second kappa shape index (κ2) is 8.70. The molecule has 0 saturated carbocycles. The van der Waals surface area contributed by atoms with Crippen LogP contribution in [0.4, 0.5) is 0 Å². The molecule has 2 heterocycles. The zero-order valence-corrected chi connectivity index (χ0v) is 18.9. The molecule has 1 unspecified atom stereocenters. The molecule has 1 N–H and O–H groups in total. The van der Waals surface area contributed by atoms with Gasteiger partial charge in [-0.25, -0.2) is 13.4 Å². The highest BCUT2D eigenvalue weighted by Gasteiger charge is 2.28. The Hall–Kier alpha value is -2.88. The Morgan fingerprint density at radius 2 is 1.65 bits per heavy atom. The monoisotopic (exact) mass is 454 g/mol. The van der Waals surface area contributed by atoms with E-state index >= 15 is 0 Å². The van der Waals surface area contributed by atoms with Crippen LogP contribution in [0, 0.1) is 12.8 Å². The molecule has 1 atom stereocenters. The van der Waals surface area contributed by atoms with E-state index in [0.717, 1.165) is 21.8 Å². The van der Waals surface area contributed by atoms with Gasteiger partial charge in [0.05, 0.1) is 15.6 Å². The Bertz CT molecular complexity index is 1260. The van der Waals surface area contributed by atoms with Crippen molar-refractivity contribution in [2.24, 2.45) is 5.92 Å². The van der Waals surface area contributed by atoms with Crippen molar-refractivity contribution in [3.63, 3.8) is 0 Å². The van der Waals surface area contributed by atoms with Crippen LogP contribution >= 0.6 is 11.3 Å². The van der Waals surface area contributed by atoms with Gasteiger partial charge in [0.1, 0.15) is 6.04 Å². The highest BCUT2D eigenvalue weighted by atomic mass is 32.2. The summed E-state index contributed by atoms with van der Waals surface area (Å²) in [5.74, 6) is 0.534. The van der Waals surface area contributed by atoms with E-state index in [2.05, 4.69) is 19.8 Å². The smallest absolute Gasteiger partial charge is 0.245 e. The number of hydrogen-bond donors (Lipinski definition) is 1. The number of nitrogens with zero attached hydrogens (tertiary/aromatic N) is 3. The summed E-state index contributed by atoms with van der Waals surface area (Å²) in [6.45, 7) is 5.76. The summed E-state index contributed by atoms with van der Waals surface area (Å²) in [4.78, 5) is 9.15. The zero-order chi connectivity index (χ0) is 22.0. The first kappa shape index (κ1) is 21.4. The molecule has 9 heteroatoms. The topological polar surface area (TPSA) is 98.0 Å². The molecule has 0 radical (unpaired) electrons. The molecule has 2 aromatic carbocycles. The molecule has 4 aromatic rings. The van der Waals surface area contributed by atoms with Gasteiger partial charge in [0.25, 0.3) is 0 Å². The van der Waals surface area contributed by atoms with Gasteiger partial charge in [-0.1, -0.05) is 61.5 Å². The van der Waals surface area contributed by atoms with E-state index in [-0.39, 0.29) is 16.7 Å². The highest BCUT2D eigenvalue weighted by molar-refractivity contribution is 7.89. The van der Waals surface area contributed by atoms with Gasteiger partial charge in [0.15, 0.2) is 0 Å². The van der Waals surface area contributed by atoms with Gasteiger partial charge >= 0.3 is 0 Å². The molecule has 0 spiro atoms. The van der Waals surface area contributed by atoms with Crippen molar-refractivity contribution in [2.75, 3.05) is 0 Å². The summed E-state index contributed by atoms with van der Waals surface area (Å²) >= 11 is 1.60. The van der Waals surface area contributed by atoms with E-state index < -0.39 is 16.1 Å². The molecule has 160 valence electrons. The molecule has 4 rings (SSSR count). The van der Waals surface area contributed by atoms with Crippen LogP contribution in [0.3, 0.4) is 0 Å². The standard InChI is InChI=1S/C22H22N4O3S2/c1-14(2)20(26-31(27,28)18-7-5-4-6-8-18)22-24-21(25-29-22)17-11-9-16(10-12-17)19-13-30-15(3)23-19/h4-14,20,26H,1-3H3. The van der Waals surface area contributed by atoms with E-state index in [9.17, 15) is 8.42 Å². The Labute approximate surface area is 185 Å². The lowest BCUT2D eigenvalue weighted by molar-refractivity contribution is 0.311. The first-order valence-electron chi connectivity index (χ1n) is 9.77. The van der Waals surface area contributed by atoms with Gasteiger partial charge in [-0.05, 0) is 25.0 Å². The summed E-state index contributed by atoms with van der Waals surface area (Å²) in [7, 11) is -3.73. The van der Waals surface area contributed by atoms with Crippen LogP contribution in [0.15, 0.2) is 69.4 Å². The molecule has 0 bridgehead atoms. The van der Waals surface area contributed by atoms with Crippen LogP contribution in [0.5, 0.6) is 0 Å². The third-order valence-electron chi connectivity index (χ3n) is 4.77. The third-order valence-corrected chi connectivity index (χ3v) is 7.00. The van der Waals surface area contributed by atoms with E-state index in [1.807, 2.05) is 50.4 Å². The van der Waals surface area contributed by atoms with Crippen LogP contribution in [0.1, 0.15) is 30.8 Å². The summed E-state index contributed by atoms with van der Waals surface area (Å²) in [5.41, 5.74) is 2.71. The van der Waals surface area contributed by atoms with Crippen LogP contribution < -0.4 is 4.72 Å². The largest absolute Gasteiger partial charge is 0.337 e. The average molecular weight is 455 g/mol. The molecule has 0 saturated heterocycles. The Balaban J connectivity index is 1.57. The van der Waals surface area contributed by atoms with E-state index in [1.165, 1.54) is 0 Å². The second-order valence-electron chi connectivity index (χ2n) is 7.44. The number of hydrogen-bond acceptors (Lipinski definition) is 7. The minimum absolute atomic E-state index is 0.0953. The second-order valence-corrected chi connectivity index (χ2v) is 10.2. The van der Waals surface area contributed by atoms with Crippen LogP contribution in [0.2, 0.25) is 0 Å². The van der Waals surface area contributed by atoms with Crippen LogP contribution in [0.25, 0.3) is 22.6 Å². The minimum atomic E-state index is -3.73. The molecule has 0 fully saturated rings. The van der Waals surface area contributed by atoms with Crippen molar-refractivity contribution in [3.05, 3.63) is 70.9 Å². The van der Waals surface area contributed by atoms with Gasteiger partial charge in [0.2, 0.25) is 21.7 Å². The predicted octanol–water partition coefficient (Wildman–Crippen LogP) is 4.84. The number of rotatable bonds is 7. The number of nitrogens with one attached hydrogen (secondary N) is 1. The fourth-order valence-electron chi connectivity index (χ4n) is 3.07. The molecule has 2 aromatic heterocycles. The third kappa shape index (κ3) is 4.73. The summed E-state index contributed by atoms with van der Waals surface area (Å²) in [5, 5.41) is 7.09.